The number of benzene rings is 2. The quantitative estimate of drug-likeness (QED) is 0.779. The molecule has 0 aliphatic rings. The van der Waals surface area contributed by atoms with Crippen LogP contribution in [0.5, 0.6) is 0 Å². The van der Waals surface area contributed by atoms with Gasteiger partial charge in [-0.2, -0.15) is 0 Å². The van der Waals surface area contributed by atoms with Crippen LogP contribution in [-0.4, -0.2) is 5.91 Å². The zero-order valence-electron chi connectivity index (χ0n) is 11.2. The highest BCUT2D eigenvalue weighted by molar-refractivity contribution is 5.92. The highest BCUT2D eigenvalue weighted by Gasteiger charge is 2.14. The largest absolute Gasteiger partial charge is 0.459 e. The van der Waals surface area contributed by atoms with Crippen LogP contribution in [0.15, 0.2) is 65.3 Å². The molecule has 20 heavy (non-hydrogen) atoms. The van der Waals surface area contributed by atoms with Crippen LogP contribution in [0.2, 0.25) is 0 Å². The lowest BCUT2D eigenvalue weighted by Gasteiger charge is -2.15. The number of furan rings is 1. The van der Waals surface area contributed by atoms with Gasteiger partial charge in [0.25, 0.3) is 5.91 Å². The van der Waals surface area contributed by atoms with Crippen LogP contribution in [0.25, 0.3) is 10.8 Å². The Bertz CT molecular complexity index is 726. The fraction of sp³-hybridized carbons (Fsp3) is 0.118. The van der Waals surface area contributed by atoms with E-state index in [9.17, 15) is 4.79 Å². The number of carbonyl (C=O) groups is 1. The number of carbonyl (C=O) groups excluding carboxylic acids is 1. The predicted octanol–water partition coefficient (Wildman–Crippen LogP) is 3.92. The molecule has 0 aliphatic carbocycles. The van der Waals surface area contributed by atoms with Gasteiger partial charge in [0.15, 0.2) is 5.76 Å². The van der Waals surface area contributed by atoms with E-state index in [2.05, 4.69) is 23.5 Å². The van der Waals surface area contributed by atoms with Gasteiger partial charge in [-0.3, -0.25) is 4.79 Å². The van der Waals surface area contributed by atoms with Gasteiger partial charge in [0.05, 0.1) is 12.3 Å². The zero-order valence-corrected chi connectivity index (χ0v) is 11.2. The molecule has 0 unspecified atom stereocenters. The standard InChI is InChI=1S/C17H15NO2/c1-12(18-17(19)16-10-5-11-20-16)14-9-4-7-13-6-2-3-8-15(13)14/h2-12H,1H3,(H,18,19)/t12-/m1/s1. The average molecular weight is 265 g/mol. The molecule has 1 heterocycles. The molecule has 3 aromatic rings. The molecule has 0 bridgehead atoms. The molecule has 0 fully saturated rings. The SMILES string of the molecule is C[C@@H](NC(=O)c1ccco1)c1cccc2ccccc12. The fourth-order valence-electron chi connectivity index (χ4n) is 2.38. The van der Waals surface area contributed by atoms with Gasteiger partial charge in [0.1, 0.15) is 0 Å². The highest BCUT2D eigenvalue weighted by atomic mass is 16.3. The first-order valence-corrected chi connectivity index (χ1v) is 6.58. The summed E-state index contributed by atoms with van der Waals surface area (Å²) in [5.74, 6) is 0.132. The van der Waals surface area contributed by atoms with Crippen molar-refractivity contribution in [1.29, 1.82) is 0 Å². The summed E-state index contributed by atoms with van der Waals surface area (Å²) in [6.07, 6.45) is 1.50. The minimum Gasteiger partial charge on any atom is -0.459 e. The second-order valence-electron chi connectivity index (χ2n) is 4.74. The first-order chi connectivity index (χ1) is 9.75. The molecule has 3 nitrogen and oxygen atoms in total. The number of hydrogen-bond donors (Lipinski definition) is 1. The van der Waals surface area contributed by atoms with E-state index in [4.69, 9.17) is 4.42 Å². The maximum absolute atomic E-state index is 12.0. The molecule has 0 aliphatic heterocycles. The Morgan fingerprint density at radius 3 is 2.65 bits per heavy atom. The van der Waals surface area contributed by atoms with Gasteiger partial charge in [-0.25, -0.2) is 0 Å². The maximum atomic E-state index is 12.0. The number of nitrogens with one attached hydrogen (secondary N) is 1. The maximum Gasteiger partial charge on any atom is 0.287 e. The number of rotatable bonds is 3. The molecule has 3 heteroatoms. The summed E-state index contributed by atoms with van der Waals surface area (Å²) in [6.45, 7) is 1.97. The third-order valence-electron chi connectivity index (χ3n) is 3.38. The van der Waals surface area contributed by atoms with Gasteiger partial charge in [0, 0.05) is 0 Å². The fourth-order valence-corrected chi connectivity index (χ4v) is 2.38. The minimum atomic E-state index is -0.199. The van der Waals surface area contributed by atoms with Gasteiger partial charge in [-0.05, 0) is 35.4 Å². The van der Waals surface area contributed by atoms with Crippen LogP contribution in [0.3, 0.4) is 0 Å². The van der Waals surface area contributed by atoms with E-state index in [-0.39, 0.29) is 11.9 Å². The van der Waals surface area contributed by atoms with Gasteiger partial charge in [-0.1, -0.05) is 42.5 Å². The zero-order chi connectivity index (χ0) is 13.9. The first-order valence-electron chi connectivity index (χ1n) is 6.58. The van der Waals surface area contributed by atoms with Gasteiger partial charge in [0.2, 0.25) is 0 Å². The summed E-state index contributed by atoms with van der Waals surface area (Å²) >= 11 is 0. The number of fused-ring (bicyclic) bond motifs is 1. The van der Waals surface area contributed by atoms with Crippen molar-refractivity contribution in [1.82, 2.24) is 5.32 Å². The van der Waals surface area contributed by atoms with Crippen LogP contribution in [0.1, 0.15) is 29.1 Å². The monoisotopic (exact) mass is 265 g/mol. The normalized spacial score (nSPS) is 12.2. The Morgan fingerprint density at radius 2 is 1.85 bits per heavy atom. The lowest BCUT2D eigenvalue weighted by atomic mass is 9.99. The van der Waals surface area contributed by atoms with Crippen molar-refractivity contribution in [2.45, 2.75) is 13.0 Å². The van der Waals surface area contributed by atoms with Crippen molar-refractivity contribution in [3.8, 4) is 0 Å². The highest BCUT2D eigenvalue weighted by Crippen LogP contribution is 2.24. The smallest absolute Gasteiger partial charge is 0.287 e. The lowest BCUT2D eigenvalue weighted by Crippen LogP contribution is -2.26. The van der Waals surface area contributed by atoms with E-state index >= 15 is 0 Å². The Labute approximate surface area is 117 Å². The summed E-state index contributed by atoms with van der Waals surface area (Å²) in [5, 5.41) is 5.28. The Kier molecular flexibility index (Phi) is 3.25. The van der Waals surface area contributed by atoms with Crippen molar-refractivity contribution in [3.05, 3.63) is 72.2 Å². The predicted molar refractivity (Wildman–Crippen MR) is 78.5 cm³/mol. The molecule has 0 spiro atoms. The molecular formula is C17H15NO2. The molecule has 0 saturated carbocycles. The summed E-state index contributed by atoms with van der Waals surface area (Å²) < 4.78 is 5.11. The number of amides is 1. The summed E-state index contributed by atoms with van der Waals surface area (Å²) in [4.78, 5) is 12.0. The summed E-state index contributed by atoms with van der Waals surface area (Å²) in [7, 11) is 0. The van der Waals surface area contributed by atoms with Crippen LogP contribution in [0.4, 0.5) is 0 Å². The Balaban J connectivity index is 1.89. The molecule has 1 atom stereocenters. The van der Waals surface area contributed by atoms with Crippen molar-refractivity contribution < 1.29 is 9.21 Å². The molecule has 3 rings (SSSR count). The van der Waals surface area contributed by atoms with Crippen LogP contribution >= 0.6 is 0 Å². The summed E-state index contributed by atoms with van der Waals surface area (Å²) in [5.41, 5.74) is 1.10. The molecule has 1 aromatic heterocycles. The van der Waals surface area contributed by atoms with Crippen molar-refractivity contribution >= 4 is 16.7 Å². The minimum absolute atomic E-state index is 0.0845. The van der Waals surface area contributed by atoms with Crippen LogP contribution in [0, 0.1) is 0 Å². The third-order valence-corrected chi connectivity index (χ3v) is 3.38. The van der Waals surface area contributed by atoms with E-state index in [0.29, 0.717) is 5.76 Å². The lowest BCUT2D eigenvalue weighted by molar-refractivity contribution is 0.0912. The number of hydrogen-bond acceptors (Lipinski definition) is 2. The molecular weight excluding hydrogens is 250 g/mol. The average Bonchev–Trinajstić information content (AvgIpc) is 3.01. The second kappa shape index (κ2) is 5.21. The van der Waals surface area contributed by atoms with Crippen molar-refractivity contribution in [2.75, 3.05) is 0 Å². The molecule has 100 valence electrons. The van der Waals surface area contributed by atoms with E-state index in [1.54, 1.807) is 12.1 Å². The first kappa shape index (κ1) is 12.5. The topological polar surface area (TPSA) is 42.2 Å². The van der Waals surface area contributed by atoms with Gasteiger partial charge >= 0.3 is 0 Å². The molecule has 1 amide bonds. The van der Waals surface area contributed by atoms with E-state index in [1.165, 1.54) is 11.6 Å². The van der Waals surface area contributed by atoms with E-state index in [0.717, 1.165) is 10.9 Å². The Hall–Kier alpha value is -2.55. The second-order valence-corrected chi connectivity index (χ2v) is 4.74. The Morgan fingerprint density at radius 1 is 1.05 bits per heavy atom. The summed E-state index contributed by atoms with van der Waals surface area (Å²) in [6, 6.07) is 17.6. The van der Waals surface area contributed by atoms with Gasteiger partial charge in [-0.15, -0.1) is 0 Å². The van der Waals surface area contributed by atoms with Gasteiger partial charge < -0.3 is 9.73 Å². The van der Waals surface area contributed by atoms with Crippen molar-refractivity contribution in [2.24, 2.45) is 0 Å². The molecule has 2 aromatic carbocycles. The molecule has 0 saturated heterocycles. The molecule has 0 radical (unpaired) electrons. The van der Waals surface area contributed by atoms with Crippen LogP contribution in [-0.2, 0) is 0 Å². The van der Waals surface area contributed by atoms with E-state index in [1.807, 2.05) is 31.2 Å². The molecule has 1 N–H and O–H groups in total. The van der Waals surface area contributed by atoms with Crippen LogP contribution < -0.4 is 5.32 Å². The third kappa shape index (κ3) is 2.30. The van der Waals surface area contributed by atoms with E-state index < -0.39 is 0 Å². The van der Waals surface area contributed by atoms with Crippen molar-refractivity contribution in [3.63, 3.8) is 0 Å².